The molecule has 78 valence electrons. The molecule has 3 nitrogen and oxygen atoms in total. The Balaban J connectivity index is 2.49. The van der Waals surface area contributed by atoms with Gasteiger partial charge in [-0.25, -0.2) is 0 Å². The third kappa shape index (κ3) is 2.70. The fraction of sp³-hybridized carbons (Fsp3) is 0.545. The van der Waals surface area contributed by atoms with E-state index in [1.807, 2.05) is 11.9 Å². The van der Waals surface area contributed by atoms with Crippen molar-refractivity contribution in [2.45, 2.75) is 26.3 Å². The Labute approximate surface area is 84.7 Å². The van der Waals surface area contributed by atoms with Crippen molar-refractivity contribution in [1.82, 2.24) is 4.90 Å². The van der Waals surface area contributed by atoms with Crippen molar-refractivity contribution < 1.29 is 9.21 Å². The lowest BCUT2D eigenvalue weighted by Gasteiger charge is -2.21. The summed E-state index contributed by atoms with van der Waals surface area (Å²) in [5.41, 5.74) is 0. The molecule has 0 bridgehead atoms. The highest BCUT2D eigenvalue weighted by Gasteiger charge is 2.14. The fourth-order valence-corrected chi connectivity index (χ4v) is 1.21. The first-order valence-electron chi connectivity index (χ1n) is 4.92. The Morgan fingerprint density at radius 2 is 2.36 bits per heavy atom. The van der Waals surface area contributed by atoms with Gasteiger partial charge >= 0.3 is 0 Å². The van der Waals surface area contributed by atoms with E-state index in [1.54, 1.807) is 12.1 Å². The van der Waals surface area contributed by atoms with E-state index in [9.17, 15) is 4.79 Å². The largest absolute Gasteiger partial charge is 0.461 e. The zero-order valence-electron chi connectivity index (χ0n) is 8.99. The van der Waals surface area contributed by atoms with E-state index in [-0.39, 0.29) is 5.78 Å². The molecule has 1 heterocycles. The normalized spacial score (nSPS) is 13.1. The second-order valence-corrected chi connectivity index (χ2v) is 3.57. The van der Waals surface area contributed by atoms with Gasteiger partial charge in [0.1, 0.15) is 0 Å². The number of carbonyl (C=O) groups is 1. The Kier molecular flexibility index (Phi) is 3.89. The fourth-order valence-electron chi connectivity index (χ4n) is 1.21. The molecule has 0 aliphatic heterocycles. The first kappa shape index (κ1) is 11.0. The van der Waals surface area contributed by atoms with Crippen LogP contribution in [-0.4, -0.2) is 30.3 Å². The standard InChI is InChI=1S/C11H17NO2/c1-4-9(2)12(3)8-10(13)11-6-5-7-14-11/h5-7,9H,4,8H2,1-3H3. The number of rotatable bonds is 5. The number of carbonyl (C=O) groups excluding carboxylic acids is 1. The summed E-state index contributed by atoms with van der Waals surface area (Å²) in [5, 5.41) is 0. The van der Waals surface area contributed by atoms with Crippen LogP contribution in [0.2, 0.25) is 0 Å². The molecule has 0 saturated carbocycles. The number of likely N-dealkylation sites (N-methyl/N-ethyl adjacent to an activating group) is 1. The second kappa shape index (κ2) is 4.96. The molecule has 0 aromatic carbocycles. The third-order valence-corrected chi connectivity index (χ3v) is 2.53. The summed E-state index contributed by atoms with van der Waals surface area (Å²) in [6.45, 7) is 4.64. The summed E-state index contributed by atoms with van der Waals surface area (Å²) >= 11 is 0. The van der Waals surface area contributed by atoms with Crippen molar-refractivity contribution in [1.29, 1.82) is 0 Å². The van der Waals surface area contributed by atoms with Crippen LogP contribution in [0.1, 0.15) is 30.8 Å². The van der Waals surface area contributed by atoms with Gasteiger partial charge in [-0.15, -0.1) is 0 Å². The van der Waals surface area contributed by atoms with Gasteiger partial charge in [0.15, 0.2) is 5.76 Å². The van der Waals surface area contributed by atoms with Gasteiger partial charge in [0.25, 0.3) is 0 Å². The maximum absolute atomic E-state index is 11.6. The van der Waals surface area contributed by atoms with E-state index in [2.05, 4.69) is 13.8 Å². The van der Waals surface area contributed by atoms with Gasteiger partial charge in [-0.1, -0.05) is 6.92 Å². The molecule has 1 aromatic rings. The minimum Gasteiger partial charge on any atom is -0.461 e. The lowest BCUT2D eigenvalue weighted by molar-refractivity contribution is 0.0896. The molecule has 0 amide bonds. The maximum atomic E-state index is 11.6. The van der Waals surface area contributed by atoms with Gasteiger partial charge in [-0.2, -0.15) is 0 Å². The number of furan rings is 1. The number of Topliss-reactive ketones (excluding diaryl/α,β-unsaturated/α-hetero) is 1. The molecular formula is C11H17NO2. The van der Waals surface area contributed by atoms with Crippen molar-refractivity contribution in [3.8, 4) is 0 Å². The van der Waals surface area contributed by atoms with Crippen LogP contribution < -0.4 is 0 Å². The molecule has 1 atom stereocenters. The van der Waals surface area contributed by atoms with Gasteiger partial charge < -0.3 is 4.42 Å². The molecule has 1 rings (SSSR count). The van der Waals surface area contributed by atoms with Crippen LogP contribution in [0.25, 0.3) is 0 Å². The highest BCUT2D eigenvalue weighted by atomic mass is 16.3. The van der Waals surface area contributed by atoms with E-state index in [0.29, 0.717) is 18.3 Å². The first-order chi connectivity index (χ1) is 6.65. The molecule has 0 N–H and O–H groups in total. The zero-order chi connectivity index (χ0) is 10.6. The molecule has 0 spiro atoms. The number of hydrogen-bond acceptors (Lipinski definition) is 3. The van der Waals surface area contributed by atoms with Gasteiger partial charge in [-0.05, 0) is 32.5 Å². The Morgan fingerprint density at radius 1 is 1.64 bits per heavy atom. The quantitative estimate of drug-likeness (QED) is 0.675. The number of ketones is 1. The minimum atomic E-state index is 0.0396. The average molecular weight is 195 g/mol. The molecule has 0 aliphatic carbocycles. The van der Waals surface area contributed by atoms with Crippen molar-refractivity contribution in [2.24, 2.45) is 0 Å². The van der Waals surface area contributed by atoms with Crippen LogP contribution in [-0.2, 0) is 0 Å². The van der Waals surface area contributed by atoms with Crippen LogP contribution >= 0.6 is 0 Å². The zero-order valence-corrected chi connectivity index (χ0v) is 8.99. The van der Waals surface area contributed by atoms with Crippen LogP contribution in [0.3, 0.4) is 0 Å². The lowest BCUT2D eigenvalue weighted by atomic mass is 10.2. The molecule has 3 heteroatoms. The van der Waals surface area contributed by atoms with Crippen LogP contribution in [0.15, 0.2) is 22.8 Å². The van der Waals surface area contributed by atoms with Crippen molar-refractivity contribution in [2.75, 3.05) is 13.6 Å². The molecular weight excluding hydrogens is 178 g/mol. The van der Waals surface area contributed by atoms with Crippen molar-refractivity contribution in [3.63, 3.8) is 0 Å². The van der Waals surface area contributed by atoms with E-state index in [0.717, 1.165) is 6.42 Å². The van der Waals surface area contributed by atoms with Gasteiger partial charge in [0.05, 0.1) is 12.8 Å². The molecule has 14 heavy (non-hydrogen) atoms. The third-order valence-electron chi connectivity index (χ3n) is 2.53. The predicted octanol–water partition coefficient (Wildman–Crippen LogP) is 2.19. The topological polar surface area (TPSA) is 33.5 Å². The summed E-state index contributed by atoms with van der Waals surface area (Å²) in [6.07, 6.45) is 2.57. The molecule has 1 aromatic heterocycles. The Morgan fingerprint density at radius 3 is 2.86 bits per heavy atom. The van der Waals surface area contributed by atoms with Gasteiger partial charge in [0.2, 0.25) is 5.78 Å². The van der Waals surface area contributed by atoms with Crippen LogP contribution in [0.4, 0.5) is 0 Å². The molecule has 1 unspecified atom stereocenters. The van der Waals surface area contributed by atoms with Gasteiger partial charge in [0, 0.05) is 6.04 Å². The number of hydrogen-bond donors (Lipinski definition) is 0. The highest BCUT2D eigenvalue weighted by Crippen LogP contribution is 2.05. The van der Waals surface area contributed by atoms with Crippen LogP contribution in [0, 0.1) is 0 Å². The molecule has 0 saturated heterocycles. The van der Waals surface area contributed by atoms with E-state index in [1.165, 1.54) is 6.26 Å². The van der Waals surface area contributed by atoms with Gasteiger partial charge in [-0.3, -0.25) is 9.69 Å². The van der Waals surface area contributed by atoms with E-state index < -0.39 is 0 Å². The summed E-state index contributed by atoms with van der Waals surface area (Å²) in [4.78, 5) is 13.6. The summed E-state index contributed by atoms with van der Waals surface area (Å²) in [6, 6.07) is 3.86. The lowest BCUT2D eigenvalue weighted by Crippen LogP contribution is -2.33. The smallest absolute Gasteiger partial charge is 0.211 e. The summed E-state index contributed by atoms with van der Waals surface area (Å²) < 4.78 is 5.03. The van der Waals surface area contributed by atoms with Crippen molar-refractivity contribution >= 4 is 5.78 Å². The Bertz CT molecular complexity index is 279. The number of nitrogens with zero attached hydrogens (tertiary/aromatic N) is 1. The molecule has 0 fully saturated rings. The maximum Gasteiger partial charge on any atom is 0.211 e. The Hall–Kier alpha value is -1.09. The monoisotopic (exact) mass is 195 g/mol. The van der Waals surface area contributed by atoms with E-state index in [4.69, 9.17) is 4.42 Å². The first-order valence-corrected chi connectivity index (χ1v) is 4.92. The van der Waals surface area contributed by atoms with Crippen LogP contribution in [0.5, 0.6) is 0 Å². The second-order valence-electron chi connectivity index (χ2n) is 3.57. The SMILES string of the molecule is CCC(C)N(C)CC(=O)c1ccco1. The molecule has 0 aliphatic rings. The average Bonchev–Trinajstić information content (AvgIpc) is 2.69. The van der Waals surface area contributed by atoms with Crippen molar-refractivity contribution in [3.05, 3.63) is 24.2 Å². The highest BCUT2D eigenvalue weighted by molar-refractivity contribution is 5.94. The summed E-state index contributed by atoms with van der Waals surface area (Å²) in [5.74, 6) is 0.484. The summed E-state index contributed by atoms with van der Waals surface area (Å²) in [7, 11) is 1.95. The minimum absolute atomic E-state index is 0.0396. The van der Waals surface area contributed by atoms with E-state index >= 15 is 0 Å². The predicted molar refractivity (Wildman–Crippen MR) is 55.4 cm³/mol. The molecule has 0 radical (unpaired) electrons.